The van der Waals surface area contributed by atoms with Gasteiger partial charge in [0.15, 0.2) is 0 Å². The van der Waals surface area contributed by atoms with Crippen LogP contribution >= 0.6 is 0 Å². The Morgan fingerprint density at radius 3 is 2.68 bits per heavy atom. The van der Waals surface area contributed by atoms with Crippen molar-refractivity contribution >= 4 is 11.7 Å². The van der Waals surface area contributed by atoms with Crippen LogP contribution in [0.15, 0.2) is 30.3 Å². The van der Waals surface area contributed by atoms with E-state index in [2.05, 4.69) is 17.4 Å². The second kappa shape index (κ2) is 4.33. The van der Waals surface area contributed by atoms with Gasteiger partial charge < -0.3 is 10.1 Å². The van der Waals surface area contributed by atoms with Crippen LogP contribution in [0.4, 0.5) is 5.69 Å². The molecule has 1 unspecified atom stereocenters. The SMILES string of the molecule is Cc1cccc(C)c1NC1OC(=O)c2c#cccc21. The van der Waals surface area contributed by atoms with Crippen LogP contribution in [0.1, 0.15) is 33.3 Å². The summed E-state index contributed by atoms with van der Waals surface area (Å²) in [5, 5.41) is 3.29. The van der Waals surface area contributed by atoms with E-state index >= 15 is 0 Å². The number of aryl methyl sites for hydroxylation is 2. The van der Waals surface area contributed by atoms with Crippen LogP contribution in [0.2, 0.25) is 0 Å². The van der Waals surface area contributed by atoms with Gasteiger partial charge in [-0.1, -0.05) is 30.3 Å². The molecule has 1 atom stereocenters. The van der Waals surface area contributed by atoms with Crippen LogP contribution in [0.3, 0.4) is 0 Å². The van der Waals surface area contributed by atoms with Gasteiger partial charge in [-0.05, 0) is 37.1 Å². The summed E-state index contributed by atoms with van der Waals surface area (Å²) in [7, 11) is 0. The van der Waals surface area contributed by atoms with Crippen molar-refractivity contribution in [3.63, 3.8) is 0 Å². The van der Waals surface area contributed by atoms with Gasteiger partial charge in [0.05, 0.1) is 0 Å². The molecule has 0 spiro atoms. The molecule has 0 bridgehead atoms. The molecule has 0 amide bonds. The van der Waals surface area contributed by atoms with E-state index in [-0.39, 0.29) is 5.97 Å². The molecule has 2 aromatic rings. The second-order valence-corrected chi connectivity index (χ2v) is 4.63. The van der Waals surface area contributed by atoms with Gasteiger partial charge in [-0.2, -0.15) is 0 Å². The van der Waals surface area contributed by atoms with Gasteiger partial charge in [-0.3, -0.25) is 0 Å². The molecule has 1 aliphatic rings. The summed E-state index contributed by atoms with van der Waals surface area (Å²) in [5.41, 5.74) is 4.52. The van der Waals surface area contributed by atoms with Crippen LogP contribution in [0.25, 0.3) is 0 Å². The third-order valence-corrected chi connectivity index (χ3v) is 3.30. The Morgan fingerprint density at radius 2 is 1.95 bits per heavy atom. The topological polar surface area (TPSA) is 38.3 Å². The minimum absolute atomic E-state index is 0.351. The fourth-order valence-corrected chi connectivity index (χ4v) is 2.30. The number of esters is 1. The number of para-hydroxylation sites is 1. The molecule has 3 nitrogen and oxygen atoms in total. The monoisotopic (exact) mass is 251 g/mol. The number of hydrogen-bond donors (Lipinski definition) is 1. The van der Waals surface area contributed by atoms with E-state index in [9.17, 15) is 4.79 Å². The Labute approximate surface area is 112 Å². The van der Waals surface area contributed by atoms with Crippen molar-refractivity contribution in [2.75, 3.05) is 5.32 Å². The molecular weight excluding hydrogens is 238 g/mol. The van der Waals surface area contributed by atoms with Crippen LogP contribution in [-0.2, 0) is 4.74 Å². The standard InChI is InChI=1S/C16H13NO2/c1-10-6-5-7-11(2)14(10)17-15-12-8-3-4-9-13(12)16(18)19-15/h3,5-8,15,17H,1-2H3. The molecule has 0 aliphatic carbocycles. The molecule has 19 heavy (non-hydrogen) atoms. The number of nitrogens with one attached hydrogen (secondary N) is 1. The summed E-state index contributed by atoms with van der Waals surface area (Å²) < 4.78 is 5.34. The first-order valence-electron chi connectivity index (χ1n) is 6.13. The quantitative estimate of drug-likeness (QED) is 0.833. The first kappa shape index (κ1) is 11.6. The summed E-state index contributed by atoms with van der Waals surface area (Å²) in [6.07, 6.45) is -0.451. The third-order valence-electron chi connectivity index (χ3n) is 3.30. The van der Waals surface area contributed by atoms with Crippen LogP contribution < -0.4 is 5.32 Å². The Hall–Kier alpha value is -2.47. The van der Waals surface area contributed by atoms with Crippen LogP contribution in [0.5, 0.6) is 0 Å². The first-order chi connectivity index (χ1) is 9.16. The zero-order chi connectivity index (χ0) is 13.4. The summed E-state index contributed by atoms with van der Waals surface area (Å²) in [5.74, 6) is -0.351. The van der Waals surface area contributed by atoms with Gasteiger partial charge in [0, 0.05) is 11.3 Å². The van der Waals surface area contributed by atoms with Crippen molar-refractivity contribution in [2.24, 2.45) is 0 Å². The summed E-state index contributed by atoms with van der Waals surface area (Å²) in [6, 6.07) is 15.2. The minimum Gasteiger partial charge on any atom is -0.433 e. The predicted octanol–water partition coefficient (Wildman–Crippen LogP) is 3.18. The van der Waals surface area contributed by atoms with E-state index in [1.165, 1.54) is 0 Å². The lowest BCUT2D eigenvalue weighted by Gasteiger charge is -2.18. The lowest BCUT2D eigenvalue weighted by Crippen LogP contribution is -2.12. The fraction of sp³-hybridized carbons (Fsp3) is 0.188. The lowest BCUT2D eigenvalue weighted by molar-refractivity contribution is 0.0437. The van der Waals surface area contributed by atoms with Gasteiger partial charge >= 0.3 is 5.97 Å². The van der Waals surface area contributed by atoms with Crippen LogP contribution in [-0.4, -0.2) is 5.97 Å². The Morgan fingerprint density at radius 1 is 1.21 bits per heavy atom. The fourth-order valence-electron chi connectivity index (χ4n) is 2.30. The highest BCUT2D eigenvalue weighted by molar-refractivity contribution is 5.93. The zero-order valence-electron chi connectivity index (χ0n) is 10.8. The smallest absolute Gasteiger partial charge is 0.349 e. The molecule has 0 radical (unpaired) electrons. The van der Waals surface area contributed by atoms with E-state index in [1.807, 2.05) is 38.1 Å². The summed E-state index contributed by atoms with van der Waals surface area (Å²) in [4.78, 5) is 11.7. The number of carbonyl (C=O) groups is 1. The van der Waals surface area contributed by atoms with Crippen molar-refractivity contribution in [3.05, 3.63) is 64.7 Å². The third kappa shape index (κ3) is 1.92. The van der Waals surface area contributed by atoms with Crippen molar-refractivity contribution in [1.29, 1.82) is 0 Å². The largest absolute Gasteiger partial charge is 0.433 e. The van der Waals surface area contributed by atoms with E-state index < -0.39 is 6.23 Å². The number of cyclic esters (lactones) is 1. The van der Waals surface area contributed by atoms with E-state index in [4.69, 9.17) is 4.74 Å². The lowest BCUT2D eigenvalue weighted by atomic mass is 10.1. The second-order valence-electron chi connectivity index (χ2n) is 4.63. The molecule has 0 fully saturated rings. The van der Waals surface area contributed by atoms with Gasteiger partial charge in [0.2, 0.25) is 6.23 Å². The van der Waals surface area contributed by atoms with Crippen LogP contribution in [0, 0.1) is 26.0 Å². The van der Waals surface area contributed by atoms with Gasteiger partial charge in [-0.25, -0.2) is 4.79 Å². The van der Waals surface area contributed by atoms with E-state index in [0.717, 1.165) is 22.4 Å². The predicted molar refractivity (Wildman–Crippen MR) is 71.8 cm³/mol. The number of fused-ring (bicyclic) bond motifs is 1. The minimum atomic E-state index is -0.451. The number of hydrogen-bond acceptors (Lipinski definition) is 3. The summed E-state index contributed by atoms with van der Waals surface area (Å²) in [6.45, 7) is 4.05. The number of benzene rings is 1. The van der Waals surface area contributed by atoms with Gasteiger partial charge in [0.1, 0.15) is 5.56 Å². The van der Waals surface area contributed by atoms with E-state index in [1.54, 1.807) is 6.07 Å². The molecule has 3 heteroatoms. The Balaban J connectivity index is 1.96. The normalized spacial score (nSPS) is 16.5. The molecule has 1 N–H and O–H groups in total. The van der Waals surface area contributed by atoms with Crippen molar-refractivity contribution in [2.45, 2.75) is 20.1 Å². The molecule has 0 saturated carbocycles. The van der Waals surface area contributed by atoms with E-state index in [0.29, 0.717) is 5.56 Å². The maximum Gasteiger partial charge on any atom is 0.349 e. The maximum atomic E-state index is 11.7. The van der Waals surface area contributed by atoms with Gasteiger partial charge in [-0.15, -0.1) is 0 Å². The number of anilines is 1. The van der Waals surface area contributed by atoms with Crippen molar-refractivity contribution in [3.8, 4) is 0 Å². The molecule has 0 saturated heterocycles. The van der Waals surface area contributed by atoms with Crippen molar-refractivity contribution in [1.82, 2.24) is 0 Å². The highest BCUT2D eigenvalue weighted by atomic mass is 16.6. The molecule has 1 heterocycles. The molecular formula is C16H13NO2. The number of ether oxygens (including phenoxy) is 1. The highest BCUT2D eigenvalue weighted by Crippen LogP contribution is 2.32. The highest BCUT2D eigenvalue weighted by Gasteiger charge is 2.31. The molecule has 94 valence electrons. The molecule has 3 rings (SSSR count). The molecule has 0 aromatic heterocycles. The first-order valence-corrected chi connectivity index (χ1v) is 6.13. The maximum absolute atomic E-state index is 11.7. The average Bonchev–Trinajstić information content (AvgIpc) is 2.72. The summed E-state index contributed by atoms with van der Waals surface area (Å²) >= 11 is 0. The molecule has 2 aromatic carbocycles. The van der Waals surface area contributed by atoms with Gasteiger partial charge in [0.25, 0.3) is 0 Å². The van der Waals surface area contributed by atoms with Crippen molar-refractivity contribution < 1.29 is 9.53 Å². The molecule has 1 aliphatic heterocycles. The average molecular weight is 251 g/mol. The Kier molecular flexibility index (Phi) is 2.64. The zero-order valence-corrected chi connectivity index (χ0v) is 10.8. The number of carbonyl (C=O) groups excluding carboxylic acids is 1. The number of rotatable bonds is 2. The Bertz CT molecular complexity index is 629.